The van der Waals surface area contributed by atoms with Gasteiger partial charge in [-0.25, -0.2) is 0 Å². The van der Waals surface area contributed by atoms with Crippen molar-refractivity contribution >= 4 is 18.5 Å². The molecule has 1 aliphatic carbocycles. The van der Waals surface area contributed by atoms with Crippen LogP contribution in [-0.4, -0.2) is 23.4 Å². The van der Waals surface area contributed by atoms with Crippen molar-refractivity contribution in [2.45, 2.75) is 50.0 Å². The molecule has 1 aliphatic rings. The van der Waals surface area contributed by atoms with E-state index < -0.39 is 0 Å². The van der Waals surface area contributed by atoms with Gasteiger partial charge < -0.3 is 4.90 Å². The number of hydrogen-bond donors (Lipinski definition) is 1. The van der Waals surface area contributed by atoms with Crippen LogP contribution in [0.3, 0.4) is 0 Å². The zero-order chi connectivity index (χ0) is 13.0. The van der Waals surface area contributed by atoms with Crippen LogP contribution in [0.25, 0.3) is 0 Å². The fourth-order valence-corrected chi connectivity index (χ4v) is 2.89. The highest BCUT2D eigenvalue weighted by Crippen LogP contribution is 2.24. The van der Waals surface area contributed by atoms with Crippen LogP contribution in [0.4, 0.5) is 0 Å². The lowest BCUT2D eigenvalue weighted by atomic mass is 10.1. The molecule has 98 valence electrons. The van der Waals surface area contributed by atoms with Crippen LogP contribution in [-0.2, 0) is 11.2 Å². The quantitative estimate of drug-likeness (QED) is 0.826. The number of nitrogens with zero attached hydrogens (tertiary/aromatic N) is 1. The summed E-state index contributed by atoms with van der Waals surface area (Å²) in [5.74, 6) is 0.260. The minimum absolute atomic E-state index is 0.260. The zero-order valence-electron chi connectivity index (χ0n) is 10.9. The molecule has 0 radical (unpaired) electrons. The first-order valence-corrected chi connectivity index (χ1v) is 7.23. The number of benzene rings is 1. The Bertz CT molecular complexity index is 395. The Labute approximate surface area is 115 Å². The summed E-state index contributed by atoms with van der Waals surface area (Å²) in [6, 6.07) is 8.34. The number of carbonyl (C=O) groups is 1. The predicted molar refractivity (Wildman–Crippen MR) is 77.0 cm³/mol. The molecule has 0 aromatic heterocycles. The van der Waals surface area contributed by atoms with Crippen molar-refractivity contribution in [1.82, 2.24) is 4.90 Å². The summed E-state index contributed by atoms with van der Waals surface area (Å²) in [6.45, 7) is 2.90. The SMILES string of the molecule is CCN(C(=O)Cc1ccc(S)cc1)C1CCCC1. The molecule has 1 aromatic carbocycles. The lowest BCUT2D eigenvalue weighted by molar-refractivity contribution is -0.132. The van der Waals surface area contributed by atoms with E-state index >= 15 is 0 Å². The molecule has 0 spiro atoms. The second-order valence-electron chi connectivity index (χ2n) is 4.96. The van der Waals surface area contributed by atoms with Gasteiger partial charge in [0.05, 0.1) is 6.42 Å². The van der Waals surface area contributed by atoms with Crippen molar-refractivity contribution in [2.75, 3.05) is 6.54 Å². The van der Waals surface area contributed by atoms with Crippen molar-refractivity contribution < 1.29 is 4.79 Å². The number of carbonyl (C=O) groups excluding carboxylic acids is 1. The van der Waals surface area contributed by atoms with Crippen molar-refractivity contribution in [2.24, 2.45) is 0 Å². The van der Waals surface area contributed by atoms with Crippen LogP contribution >= 0.6 is 12.6 Å². The summed E-state index contributed by atoms with van der Waals surface area (Å²) >= 11 is 4.26. The number of hydrogen-bond acceptors (Lipinski definition) is 2. The van der Waals surface area contributed by atoms with Crippen molar-refractivity contribution in [1.29, 1.82) is 0 Å². The number of likely N-dealkylation sites (N-methyl/N-ethyl adjacent to an activating group) is 1. The van der Waals surface area contributed by atoms with Crippen LogP contribution in [0, 0.1) is 0 Å². The van der Waals surface area contributed by atoms with Crippen molar-refractivity contribution in [3.8, 4) is 0 Å². The molecule has 1 aromatic rings. The van der Waals surface area contributed by atoms with E-state index in [1.54, 1.807) is 0 Å². The molecule has 2 nitrogen and oxygen atoms in total. The van der Waals surface area contributed by atoms with Crippen LogP contribution < -0.4 is 0 Å². The predicted octanol–water partition coefficient (Wildman–Crippen LogP) is 3.31. The molecule has 1 saturated carbocycles. The fourth-order valence-electron chi connectivity index (χ4n) is 2.74. The Kier molecular flexibility index (Phi) is 4.70. The molecule has 1 fully saturated rings. The smallest absolute Gasteiger partial charge is 0.227 e. The Morgan fingerprint density at radius 1 is 1.28 bits per heavy atom. The Balaban J connectivity index is 1.98. The average molecular weight is 263 g/mol. The molecule has 2 rings (SSSR count). The van der Waals surface area contributed by atoms with Gasteiger partial charge in [-0.05, 0) is 37.5 Å². The molecule has 0 unspecified atom stereocenters. The number of rotatable bonds is 4. The second-order valence-corrected chi connectivity index (χ2v) is 5.48. The van der Waals surface area contributed by atoms with Gasteiger partial charge in [-0.15, -0.1) is 12.6 Å². The van der Waals surface area contributed by atoms with Gasteiger partial charge >= 0.3 is 0 Å². The molecule has 0 heterocycles. The molecule has 0 bridgehead atoms. The van der Waals surface area contributed by atoms with Gasteiger partial charge in [-0.3, -0.25) is 4.79 Å². The summed E-state index contributed by atoms with van der Waals surface area (Å²) in [5.41, 5.74) is 1.08. The molecule has 0 saturated heterocycles. The van der Waals surface area contributed by atoms with E-state index in [1.165, 1.54) is 25.7 Å². The van der Waals surface area contributed by atoms with E-state index in [-0.39, 0.29) is 5.91 Å². The van der Waals surface area contributed by atoms with E-state index in [0.717, 1.165) is 17.0 Å². The largest absolute Gasteiger partial charge is 0.340 e. The van der Waals surface area contributed by atoms with Crippen molar-refractivity contribution in [3.63, 3.8) is 0 Å². The first-order chi connectivity index (χ1) is 8.70. The third kappa shape index (κ3) is 3.29. The summed E-state index contributed by atoms with van der Waals surface area (Å²) < 4.78 is 0. The van der Waals surface area contributed by atoms with Crippen LogP contribution in [0.15, 0.2) is 29.2 Å². The normalized spacial score (nSPS) is 15.9. The topological polar surface area (TPSA) is 20.3 Å². The molecule has 1 amide bonds. The van der Waals surface area contributed by atoms with Crippen LogP contribution in [0.2, 0.25) is 0 Å². The first-order valence-electron chi connectivity index (χ1n) is 6.78. The third-order valence-corrected chi connectivity index (χ3v) is 4.02. The van der Waals surface area contributed by atoms with E-state index in [2.05, 4.69) is 24.5 Å². The van der Waals surface area contributed by atoms with E-state index in [1.807, 2.05) is 24.3 Å². The van der Waals surface area contributed by atoms with Crippen molar-refractivity contribution in [3.05, 3.63) is 29.8 Å². The third-order valence-electron chi connectivity index (χ3n) is 3.72. The molecule has 0 atom stereocenters. The highest BCUT2D eigenvalue weighted by molar-refractivity contribution is 7.80. The highest BCUT2D eigenvalue weighted by atomic mass is 32.1. The molecule has 18 heavy (non-hydrogen) atoms. The minimum atomic E-state index is 0.260. The molecule has 0 aliphatic heterocycles. The lowest BCUT2D eigenvalue weighted by Crippen LogP contribution is -2.39. The minimum Gasteiger partial charge on any atom is -0.340 e. The zero-order valence-corrected chi connectivity index (χ0v) is 11.8. The van der Waals surface area contributed by atoms with Gasteiger partial charge in [0.25, 0.3) is 0 Å². The Morgan fingerprint density at radius 3 is 2.44 bits per heavy atom. The van der Waals surface area contributed by atoms with Gasteiger partial charge in [-0.2, -0.15) is 0 Å². The molecule has 3 heteroatoms. The molecular weight excluding hydrogens is 242 g/mol. The standard InChI is InChI=1S/C15H21NOS/c1-2-16(13-5-3-4-6-13)15(17)11-12-7-9-14(18)10-8-12/h7-10,13,18H,2-6,11H2,1H3. The monoisotopic (exact) mass is 263 g/mol. The van der Waals surface area contributed by atoms with Gasteiger partial charge in [-0.1, -0.05) is 25.0 Å². The summed E-state index contributed by atoms with van der Waals surface area (Å²) in [7, 11) is 0. The Hall–Kier alpha value is -0.960. The van der Waals surface area contributed by atoms with Gasteiger partial charge in [0.15, 0.2) is 0 Å². The highest BCUT2D eigenvalue weighted by Gasteiger charge is 2.25. The summed E-state index contributed by atoms with van der Waals surface area (Å²) in [6.07, 6.45) is 5.40. The van der Waals surface area contributed by atoms with Gasteiger partial charge in [0.2, 0.25) is 5.91 Å². The van der Waals surface area contributed by atoms with Gasteiger partial charge in [0, 0.05) is 17.5 Å². The van der Waals surface area contributed by atoms with Gasteiger partial charge in [0.1, 0.15) is 0 Å². The average Bonchev–Trinajstić information content (AvgIpc) is 2.87. The molecule has 0 N–H and O–H groups in total. The summed E-state index contributed by atoms with van der Waals surface area (Å²) in [4.78, 5) is 15.3. The maximum atomic E-state index is 12.3. The lowest BCUT2D eigenvalue weighted by Gasteiger charge is -2.27. The van der Waals surface area contributed by atoms with Crippen LogP contribution in [0.5, 0.6) is 0 Å². The van der Waals surface area contributed by atoms with Crippen LogP contribution in [0.1, 0.15) is 38.2 Å². The maximum absolute atomic E-state index is 12.3. The van der Waals surface area contributed by atoms with E-state index in [9.17, 15) is 4.79 Å². The van der Waals surface area contributed by atoms with E-state index in [4.69, 9.17) is 0 Å². The number of amides is 1. The maximum Gasteiger partial charge on any atom is 0.227 e. The number of thiol groups is 1. The second kappa shape index (κ2) is 6.28. The Morgan fingerprint density at radius 2 is 1.89 bits per heavy atom. The van der Waals surface area contributed by atoms with E-state index in [0.29, 0.717) is 12.5 Å². The molecular formula is C15H21NOS. The summed E-state index contributed by atoms with van der Waals surface area (Å²) in [5, 5.41) is 0. The fraction of sp³-hybridized carbons (Fsp3) is 0.533. The first kappa shape index (κ1) is 13.5.